The van der Waals surface area contributed by atoms with Gasteiger partial charge in [0.2, 0.25) is 0 Å². The molecular weight excluding hydrogens is 245 g/mol. The molecule has 0 aromatic rings. The van der Waals surface area contributed by atoms with E-state index in [1.165, 1.54) is 0 Å². The second-order valence-corrected chi connectivity index (χ2v) is 4.40. The van der Waals surface area contributed by atoms with E-state index in [9.17, 15) is 21.6 Å². The van der Waals surface area contributed by atoms with Crippen LogP contribution in [0.1, 0.15) is 26.7 Å². The maximum atomic E-state index is 12.0. The third kappa shape index (κ3) is 3.55. The fourth-order valence-corrected chi connectivity index (χ4v) is 1.52. The molecule has 94 valence electrons. The highest BCUT2D eigenvalue weighted by molar-refractivity contribution is 7.87. The van der Waals surface area contributed by atoms with E-state index in [0.29, 0.717) is 18.4 Å². The lowest BCUT2D eigenvalue weighted by atomic mass is 10.1. The summed E-state index contributed by atoms with van der Waals surface area (Å²) in [6, 6.07) is 0. The molecule has 0 unspecified atom stereocenters. The van der Waals surface area contributed by atoms with Crippen molar-refractivity contribution in [2.75, 3.05) is 0 Å². The van der Waals surface area contributed by atoms with Crippen molar-refractivity contribution in [2.24, 2.45) is 0 Å². The second kappa shape index (κ2) is 5.38. The first-order valence-electron chi connectivity index (χ1n) is 4.54. The summed E-state index contributed by atoms with van der Waals surface area (Å²) in [7, 11) is -5.60. The van der Waals surface area contributed by atoms with Gasteiger partial charge >= 0.3 is 15.6 Å². The summed E-state index contributed by atoms with van der Waals surface area (Å²) in [5, 5.41) is 0. The zero-order chi connectivity index (χ0) is 13.0. The summed E-state index contributed by atoms with van der Waals surface area (Å²) in [5.74, 6) is -0.345. The fraction of sp³-hybridized carbons (Fsp3) is 0.556. The summed E-state index contributed by atoms with van der Waals surface area (Å²) in [4.78, 5) is 0. The maximum Gasteiger partial charge on any atom is 0.534 e. The van der Waals surface area contributed by atoms with Gasteiger partial charge in [-0.3, -0.25) is 0 Å². The van der Waals surface area contributed by atoms with Crippen molar-refractivity contribution < 1.29 is 25.8 Å². The molecule has 3 nitrogen and oxygen atoms in total. The van der Waals surface area contributed by atoms with Gasteiger partial charge in [0, 0.05) is 0 Å². The van der Waals surface area contributed by atoms with Crippen molar-refractivity contribution in [3.8, 4) is 0 Å². The van der Waals surface area contributed by atoms with E-state index < -0.39 is 15.6 Å². The Hall–Kier alpha value is -0.980. The zero-order valence-electron chi connectivity index (χ0n) is 8.97. The average molecular weight is 258 g/mol. The van der Waals surface area contributed by atoms with Gasteiger partial charge < -0.3 is 4.18 Å². The Morgan fingerprint density at radius 3 is 2.00 bits per heavy atom. The van der Waals surface area contributed by atoms with E-state index in [4.69, 9.17) is 0 Å². The molecule has 0 fully saturated rings. The molecule has 0 rings (SSSR count). The number of alkyl halides is 3. The summed E-state index contributed by atoms with van der Waals surface area (Å²) >= 11 is 0. The Kier molecular flexibility index (Phi) is 5.05. The highest BCUT2D eigenvalue weighted by Gasteiger charge is 2.48. The first-order chi connectivity index (χ1) is 7.19. The zero-order valence-corrected chi connectivity index (χ0v) is 9.78. The lowest BCUT2D eigenvalue weighted by Gasteiger charge is -2.12. The molecule has 0 aliphatic carbocycles. The number of hydrogen-bond donors (Lipinski definition) is 0. The minimum absolute atomic E-state index is 0.345. The van der Waals surface area contributed by atoms with Gasteiger partial charge in [0.1, 0.15) is 5.76 Å². The molecule has 0 aliphatic heterocycles. The van der Waals surface area contributed by atoms with Crippen molar-refractivity contribution in [1.29, 1.82) is 0 Å². The highest BCUT2D eigenvalue weighted by atomic mass is 32.2. The third-order valence-corrected chi connectivity index (χ3v) is 2.84. The van der Waals surface area contributed by atoms with Crippen LogP contribution in [-0.2, 0) is 14.3 Å². The van der Waals surface area contributed by atoms with Crippen LogP contribution in [0.2, 0.25) is 0 Å². The monoisotopic (exact) mass is 258 g/mol. The first kappa shape index (κ1) is 15.0. The normalized spacial score (nSPS) is 12.1. The van der Waals surface area contributed by atoms with E-state index >= 15 is 0 Å². The van der Waals surface area contributed by atoms with Crippen molar-refractivity contribution in [1.82, 2.24) is 0 Å². The molecule has 0 aliphatic rings. The van der Waals surface area contributed by atoms with Crippen LogP contribution in [0.25, 0.3) is 0 Å². The van der Waals surface area contributed by atoms with Gasteiger partial charge in [-0.25, -0.2) is 0 Å². The van der Waals surface area contributed by atoms with E-state index in [1.807, 2.05) is 0 Å². The Balaban J connectivity index is 5.25. The molecule has 0 spiro atoms. The predicted molar refractivity (Wildman–Crippen MR) is 53.9 cm³/mol. The van der Waals surface area contributed by atoms with Gasteiger partial charge in [-0.1, -0.05) is 20.4 Å². The smallest absolute Gasteiger partial charge is 0.376 e. The Bertz CT molecular complexity index is 373. The third-order valence-electron chi connectivity index (χ3n) is 1.87. The summed E-state index contributed by atoms with van der Waals surface area (Å²) in [6.07, 6.45) is 1.75. The summed E-state index contributed by atoms with van der Waals surface area (Å²) in [5.41, 5.74) is -4.96. The molecule has 0 atom stereocenters. The summed E-state index contributed by atoms with van der Waals surface area (Å²) < 4.78 is 61.6. The predicted octanol–water partition coefficient (Wildman–Crippen LogP) is 3.11. The van der Waals surface area contributed by atoms with Crippen LogP contribution in [0.4, 0.5) is 13.2 Å². The van der Waals surface area contributed by atoms with Gasteiger partial charge in [0.25, 0.3) is 0 Å². The molecule has 0 heterocycles. The minimum atomic E-state index is -5.60. The Morgan fingerprint density at radius 1 is 1.31 bits per heavy atom. The van der Waals surface area contributed by atoms with Crippen molar-refractivity contribution in [2.45, 2.75) is 32.2 Å². The number of hydrogen-bond acceptors (Lipinski definition) is 3. The Morgan fingerprint density at radius 2 is 1.75 bits per heavy atom. The SMILES string of the molecule is C=CC(OS(=O)(=O)C(F)(F)F)=C(CC)CC. The van der Waals surface area contributed by atoms with Gasteiger partial charge in [-0.2, -0.15) is 21.6 Å². The highest BCUT2D eigenvalue weighted by Crippen LogP contribution is 2.28. The lowest BCUT2D eigenvalue weighted by Crippen LogP contribution is -2.25. The minimum Gasteiger partial charge on any atom is -0.376 e. The average Bonchev–Trinajstić information content (AvgIpc) is 2.16. The van der Waals surface area contributed by atoms with E-state index in [0.717, 1.165) is 6.08 Å². The van der Waals surface area contributed by atoms with Gasteiger partial charge in [-0.05, 0) is 24.5 Å². The Labute approximate surface area is 92.7 Å². The molecule has 0 saturated carbocycles. The molecule has 0 radical (unpaired) electrons. The number of halogens is 3. The van der Waals surface area contributed by atoms with E-state index in [-0.39, 0.29) is 5.76 Å². The number of rotatable bonds is 5. The van der Waals surface area contributed by atoms with Crippen LogP contribution in [0.5, 0.6) is 0 Å². The van der Waals surface area contributed by atoms with Gasteiger partial charge in [0.05, 0.1) is 0 Å². The van der Waals surface area contributed by atoms with E-state index in [2.05, 4.69) is 10.8 Å². The molecule has 7 heteroatoms. The van der Waals surface area contributed by atoms with E-state index in [1.54, 1.807) is 13.8 Å². The van der Waals surface area contributed by atoms with Crippen molar-refractivity contribution in [3.05, 3.63) is 24.0 Å². The molecular formula is C9H13F3O3S. The molecule has 0 N–H and O–H groups in total. The van der Waals surface area contributed by atoms with Gasteiger partial charge in [0.15, 0.2) is 0 Å². The van der Waals surface area contributed by atoms with Crippen LogP contribution < -0.4 is 0 Å². The number of allylic oxidation sites excluding steroid dienone is 2. The quantitative estimate of drug-likeness (QED) is 0.329. The van der Waals surface area contributed by atoms with Crippen LogP contribution in [0.3, 0.4) is 0 Å². The largest absolute Gasteiger partial charge is 0.534 e. The molecule has 0 bridgehead atoms. The summed E-state index contributed by atoms with van der Waals surface area (Å²) in [6.45, 7) is 6.60. The molecule has 0 saturated heterocycles. The molecule has 0 aromatic carbocycles. The van der Waals surface area contributed by atoms with Crippen molar-refractivity contribution >= 4 is 10.1 Å². The van der Waals surface area contributed by atoms with Crippen LogP contribution in [0.15, 0.2) is 24.0 Å². The molecule has 16 heavy (non-hydrogen) atoms. The fourth-order valence-electron chi connectivity index (χ4n) is 1.00. The molecule has 0 amide bonds. The van der Waals surface area contributed by atoms with Crippen LogP contribution >= 0.6 is 0 Å². The first-order valence-corrected chi connectivity index (χ1v) is 5.95. The standard InChI is InChI=1S/C9H13F3O3S/c1-4-7(5-2)8(6-3)15-16(13,14)9(10,11)12/h6H,3-5H2,1-2H3. The van der Waals surface area contributed by atoms with Crippen LogP contribution in [-0.4, -0.2) is 13.9 Å². The maximum absolute atomic E-state index is 12.0. The topological polar surface area (TPSA) is 43.4 Å². The van der Waals surface area contributed by atoms with Crippen molar-refractivity contribution in [3.63, 3.8) is 0 Å². The van der Waals surface area contributed by atoms with Gasteiger partial charge in [-0.15, -0.1) is 0 Å². The second-order valence-electron chi connectivity index (χ2n) is 2.86. The van der Waals surface area contributed by atoms with Crippen LogP contribution in [0, 0.1) is 0 Å². The lowest BCUT2D eigenvalue weighted by molar-refractivity contribution is -0.0520. The molecule has 0 aromatic heterocycles.